The Hall–Kier alpha value is -2.82. The lowest BCUT2D eigenvalue weighted by Crippen LogP contribution is -2.35. The van der Waals surface area contributed by atoms with Gasteiger partial charge in [-0.15, -0.1) is 5.10 Å². The van der Waals surface area contributed by atoms with Crippen molar-refractivity contribution in [3.8, 4) is 0 Å². The fourth-order valence-corrected chi connectivity index (χ4v) is 4.93. The van der Waals surface area contributed by atoms with Gasteiger partial charge in [0.2, 0.25) is 5.95 Å². The van der Waals surface area contributed by atoms with Crippen molar-refractivity contribution in [3.63, 3.8) is 0 Å². The first-order valence-corrected chi connectivity index (χ1v) is 15.6. The maximum atomic E-state index is 4.81. The molecule has 0 radical (unpaired) electrons. The van der Waals surface area contributed by atoms with E-state index in [0.717, 1.165) is 87.4 Å². The monoisotopic (exact) mass is 552 g/mol. The van der Waals surface area contributed by atoms with Gasteiger partial charge in [-0.05, 0) is 83.4 Å². The standard InChI is InChI=1S/C28H46N10.C2H6/c1-3-9-22(4-2)31-16-7-14-29-15-8-19-38-21-24(36-37-38)20-32-28-34-26-11-6-5-10-25(26)27(35-28)33-23-12-17-30-18-13-23;1-2/h5-6,10-11,21-23,29-31H,3-4,7-9,12-20H2,1-2H3,(H2,32,33,34,35);1-2H3. The Morgan fingerprint density at radius 1 is 1.02 bits per heavy atom. The maximum absolute atomic E-state index is 4.81. The second kappa shape index (κ2) is 18.5. The smallest absolute Gasteiger partial charge is 0.225 e. The normalized spacial score (nSPS) is 14.5. The predicted octanol–water partition coefficient (Wildman–Crippen LogP) is 4.56. The van der Waals surface area contributed by atoms with Gasteiger partial charge in [-0.2, -0.15) is 4.98 Å². The van der Waals surface area contributed by atoms with Crippen molar-refractivity contribution in [1.29, 1.82) is 0 Å². The van der Waals surface area contributed by atoms with Gasteiger partial charge in [-0.3, -0.25) is 4.68 Å². The maximum Gasteiger partial charge on any atom is 0.225 e. The predicted molar refractivity (Wildman–Crippen MR) is 167 cm³/mol. The highest BCUT2D eigenvalue weighted by Crippen LogP contribution is 2.24. The van der Waals surface area contributed by atoms with Gasteiger partial charge in [-0.25, -0.2) is 4.98 Å². The largest absolute Gasteiger partial charge is 0.367 e. The molecule has 1 aliphatic rings. The molecule has 3 aromatic rings. The molecule has 222 valence electrons. The van der Waals surface area contributed by atoms with Crippen LogP contribution in [0, 0.1) is 0 Å². The topological polar surface area (TPSA) is 117 Å². The Bertz CT molecular complexity index is 1080. The Balaban J connectivity index is 0.00000216. The molecule has 3 heterocycles. The third kappa shape index (κ3) is 10.6. The molecule has 0 spiro atoms. The average molecular weight is 553 g/mol. The third-order valence-electron chi connectivity index (χ3n) is 7.13. The zero-order valence-electron chi connectivity index (χ0n) is 25.2. The number of para-hydroxylation sites is 1. The zero-order chi connectivity index (χ0) is 28.4. The van der Waals surface area contributed by atoms with Crippen molar-refractivity contribution < 1.29 is 0 Å². The molecule has 1 atom stereocenters. The van der Waals surface area contributed by atoms with Gasteiger partial charge >= 0.3 is 0 Å². The zero-order valence-corrected chi connectivity index (χ0v) is 25.2. The lowest BCUT2D eigenvalue weighted by atomic mass is 10.1. The molecule has 1 aliphatic heterocycles. The quantitative estimate of drug-likeness (QED) is 0.154. The van der Waals surface area contributed by atoms with E-state index >= 15 is 0 Å². The fraction of sp³-hybridized carbons (Fsp3) is 0.667. The summed E-state index contributed by atoms with van der Waals surface area (Å²) in [5.74, 6) is 1.50. The van der Waals surface area contributed by atoms with Crippen molar-refractivity contribution >= 4 is 22.7 Å². The summed E-state index contributed by atoms with van der Waals surface area (Å²) in [5.41, 5.74) is 1.81. The Labute approximate surface area is 240 Å². The number of benzene rings is 1. The van der Waals surface area contributed by atoms with Gasteiger partial charge in [-0.1, -0.05) is 51.5 Å². The van der Waals surface area contributed by atoms with Crippen LogP contribution >= 0.6 is 0 Å². The van der Waals surface area contributed by atoms with Crippen molar-refractivity contribution in [2.24, 2.45) is 0 Å². The highest BCUT2D eigenvalue weighted by Gasteiger charge is 2.16. The second-order valence-corrected chi connectivity index (χ2v) is 10.2. The SMILES string of the molecule is CC.CCCC(CC)NCCCNCCCn1cc(CNc2nc(NC3CCNCC3)c3ccccc3n2)nn1. The Kier molecular flexibility index (Phi) is 14.7. The van der Waals surface area contributed by atoms with Crippen molar-refractivity contribution in [2.75, 3.05) is 43.4 Å². The Morgan fingerprint density at radius 2 is 1.82 bits per heavy atom. The first kappa shape index (κ1) is 31.7. The summed E-state index contributed by atoms with van der Waals surface area (Å²) >= 11 is 0. The molecule has 0 aliphatic carbocycles. The summed E-state index contributed by atoms with van der Waals surface area (Å²) in [6, 6.07) is 9.25. The van der Waals surface area contributed by atoms with Gasteiger partial charge in [0.15, 0.2) is 0 Å². The van der Waals surface area contributed by atoms with Crippen LogP contribution in [0.25, 0.3) is 10.9 Å². The van der Waals surface area contributed by atoms with Gasteiger partial charge < -0.3 is 26.6 Å². The van der Waals surface area contributed by atoms with E-state index in [2.05, 4.69) is 56.8 Å². The first-order chi connectivity index (χ1) is 19.7. The molecule has 40 heavy (non-hydrogen) atoms. The van der Waals surface area contributed by atoms with E-state index in [1.54, 1.807) is 0 Å². The summed E-state index contributed by atoms with van der Waals surface area (Å²) in [7, 11) is 0. The van der Waals surface area contributed by atoms with Crippen LogP contribution in [0.2, 0.25) is 0 Å². The summed E-state index contributed by atoms with van der Waals surface area (Å²) in [6.07, 6.45) is 10.1. The fourth-order valence-electron chi connectivity index (χ4n) is 4.93. The number of piperidine rings is 1. The van der Waals surface area contributed by atoms with Crippen LogP contribution in [-0.4, -0.2) is 69.8 Å². The van der Waals surface area contributed by atoms with Crippen LogP contribution in [-0.2, 0) is 13.1 Å². The van der Waals surface area contributed by atoms with Crippen LogP contribution in [0.5, 0.6) is 0 Å². The number of nitrogens with one attached hydrogen (secondary N) is 5. The van der Waals surface area contributed by atoms with E-state index in [4.69, 9.17) is 9.97 Å². The molecule has 1 aromatic carbocycles. The lowest BCUT2D eigenvalue weighted by molar-refractivity contribution is 0.451. The highest BCUT2D eigenvalue weighted by molar-refractivity contribution is 5.90. The van der Waals surface area contributed by atoms with Crippen molar-refractivity contribution in [1.82, 2.24) is 40.9 Å². The van der Waals surface area contributed by atoms with E-state index in [0.29, 0.717) is 24.6 Å². The summed E-state index contributed by atoms with van der Waals surface area (Å²) in [5, 5.41) is 27.3. The van der Waals surface area contributed by atoms with Crippen LogP contribution in [0.15, 0.2) is 30.5 Å². The molecular weight excluding hydrogens is 500 g/mol. The number of aromatic nitrogens is 5. The number of nitrogens with zero attached hydrogens (tertiary/aromatic N) is 5. The van der Waals surface area contributed by atoms with E-state index in [9.17, 15) is 0 Å². The molecule has 0 bridgehead atoms. The van der Waals surface area contributed by atoms with Gasteiger partial charge in [0, 0.05) is 24.0 Å². The van der Waals surface area contributed by atoms with Crippen LogP contribution in [0.3, 0.4) is 0 Å². The summed E-state index contributed by atoms with van der Waals surface area (Å²) < 4.78 is 1.92. The number of rotatable bonds is 17. The molecule has 5 N–H and O–H groups in total. The minimum Gasteiger partial charge on any atom is -0.367 e. The number of anilines is 2. The third-order valence-corrected chi connectivity index (χ3v) is 7.13. The number of fused-ring (bicyclic) bond motifs is 1. The van der Waals surface area contributed by atoms with E-state index in [1.165, 1.54) is 19.3 Å². The number of aryl methyl sites for hydroxylation is 1. The molecule has 1 unspecified atom stereocenters. The minimum absolute atomic E-state index is 0.424. The van der Waals surface area contributed by atoms with Crippen LogP contribution in [0.4, 0.5) is 11.8 Å². The molecule has 0 amide bonds. The van der Waals surface area contributed by atoms with Gasteiger partial charge in [0.1, 0.15) is 11.5 Å². The van der Waals surface area contributed by atoms with E-state index in [-0.39, 0.29) is 0 Å². The van der Waals surface area contributed by atoms with Crippen LogP contribution < -0.4 is 26.6 Å². The molecule has 1 fully saturated rings. The second-order valence-electron chi connectivity index (χ2n) is 10.2. The molecular formula is C30H52N10. The van der Waals surface area contributed by atoms with E-state index in [1.807, 2.05) is 42.9 Å². The summed E-state index contributed by atoms with van der Waals surface area (Å²) in [6.45, 7) is 15.1. The van der Waals surface area contributed by atoms with Crippen LogP contribution in [0.1, 0.15) is 78.3 Å². The van der Waals surface area contributed by atoms with Gasteiger partial charge in [0.25, 0.3) is 0 Å². The van der Waals surface area contributed by atoms with Gasteiger partial charge in [0.05, 0.1) is 18.3 Å². The molecule has 1 saturated heterocycles. The molecule has 4 rings (SSSR count). The highest BCUT2D eigenvalue weighted by atomic mass is 15.4. The Morgan fingerprint density at radius 3 is 2.62 bits per heavy atom. The molecule has 10 nitrogen and oxygen atoms in total. The minimum atomic E-state index is 0.424. The molecule has 2 aromatic heterocycles. The first-order valence-electron chi connectivity index (χ1n) is 15.6. The van der Waals surface area contributed by atoms with E-state index < -0.39 is 0 Å². The van der Waals surface area contributed by atoms with Crippen molar-refractivity contribution in [2.45, 2.75) is 97.8 Å². The number of hydrogen-bond donors (Lipinski definition) is 5. The lowest BCUT2D eigenvalue weighted by Gasteiger charge is -2.25. The number of hydrogen-bond acceptors (Lipinski definition) is 9. The summed E-state index contributed by atoms with van der Waals surface area (Å²) in [4.78, 5) is 9.53. The molecule has 10 heteroatoms. The average Bonchev–Trinajstić information content (AvgIpc) is 3.46. The molecule has 0 saturated carbocycles. The van der Waals surface area contributed by atoms with Crippen molar-refractivity contribution in [3.05, 3.63) is 36.2 Å².